The van der Waals surface area contributed by atoms with Gasteiger partial charge in [0, 0.05) is 33.1 Å². The Kier molecular flexibility index (Phi) is 6.99. The van der Waals surface area contributed by atoms with Crippen LogP contribution in [0, 0.1) is 0 Å². The Bertz CT molecular complexity index is 338. The molecule has 2 fully saturated rings. The van der Waals surface area contributed by atoms with Crippen LogP contribution in [0.1, 0.15) is 59.8 Å². The van der Waals surface area contributed by atoms with Crippen molar-refractivity contribution in [1.82, 2.24) is 9.80 Å². The smallest absolute Gasteiger partial charge is 0.410 e. The van der Waals surface area contributed by atoms with Gasteiger partial charge >= 0.3 is 6.09 Å². The largest absolute Gasteiger partial charge is 0.444 e. The molecule has 2 aliphatic rings. The number of amides is 2. The van der Waals surface area contributed by atoms with Crippen LogP contribution in [0.2, 0.25) is 0 Å². The molecule has 21 heavy (non-hydrogen) atoms. The van der Waals surface area contributed by atoms with Gasteiger partial charge in [0.1, 0.15) is 5.60 Å². The molecular weight excluding hydrogens is 268 g/mol. The number of carbonyl (C=O) groups excluding carboxylic acids is 2. The zero-order valence-electron chi connectivity index (χ0n) is 14.0. The molecule has 0 N–H and O–H groups in total. The predicted octanol–water partition coefficient (Wildman–Crippen LogP) is 3.04. The second kappa shape index (κ2) is 8.25. The van der Waals surface area contributed by atoms with Crippen molar-refractivity contribution in [2.24, 2.45) is 0 Å². The van der Waals surface area contributed by atoms with E-state index in [1.165, 1.54) is 19.3 Å². The fourth-order valence-corrected chi connectivity index (χ4v) is 2.43. The number of likely N-dealkylation sites (tertiary alicyclic amines) is 2. The molecule has 0 aromatic carbocycles. The van der Waals surface area contributed by atoms with Gasteiger partial charge < -0.3 is 14.5 Å². The van der Waals surface area contributed by atoms with Crippen LogP contribution in [-0.2, 0) is 9.53 Å². The van der Waals surface area contributed by atoms with Crippen LogP contribution in [0.5, 0.6) is 0 Å². The number of nitrogens with zero attached hydrogens (tertiary/aromatic N) is 2. The maximum Gasteiger partial charge on any atom is 0.410 e. The van der Waals surface area contributed by atoms with Gasteiger partial charge in [-0.2, -0.15) is 0 Å². The predicted molar refractivity (Wildman–Crippen MR) is 83.1 cm³/mol. The summed E-state index contributed by atoms with van der Waals surface area (Å²) in [6.07, 6.45) is 5.74. The maximum atomic E-state index is 11.4. The summed E-state index contributed by atoms with van der Waals surface area (Å²) >= 11 is 0. The lowest BCUT2D eigenvalue weighted by molar-refractivity contribution is -0.129. The topological polar surface area (TPSA) is 49.9 Å². The van der Waals surface area contributed by atoms with Crippen molar-refractivity contribution in [1.29, 1.82) is 0 Å². The number of piperidine rings is 1. The first-order chi connectivity index (χ1) is 9.79. The number of carbonyl (C=O) groups is 2. The molecule has 0 unspecified atom stereocenters. The molecule has 2 aliphatic heterocycles. The monoisotopic (exact) mass is 298 g/mol. The van der Waals surface area contributed by atoms with Crippen molar-refractivity contribution < 1.29 is 14.3 Å². The van der Waals surface area contributed by atoms with E-state index in [1.807, 2.05) is 25.7 Å². The molecule has 122 valence electrons. The minimum absolute atomic E-state index is 0.167. The van der Waals surface area contributed by atoms with Crippen LogP contribution in [0.3, 0.4) is 0 Å². The maximum absolute atomic E-state index is 11.4. The average molecular weight is 298 g/mol. The summed E-state index contributed by atoms with van der Waals surface area (Å²) in [5.74, 6) is 0.231. The zero-order valence-corrected chi connectivity index (χ0v) is 14.0. The third kappa shape index (κ3) is 7.34. The molecule has 0 aromatic rings. The quantitative estimate of drug-likeness (QED) is 0.690. The summed E-state index contributed by atoms with van der Waals surface area (Å²) in [5.41, 5.74) is -0.361. The summed E-state index contributed by atoms with van der Waals surface area (Å²) in [6.45, 7) is 11.0. The summed E-state index contributed by atoms with van der Waals surface area (Å²) in [4.78, 5) is 25.8. The van der Waals surface area contributed by atoms with E-state index in [1.54, 1.807) is 11.8 Å². The Balaban J connectivity index is 0.000000219. The van der Waals surface area contributed by atoms with Crippen LogP contribution >= 0.6 is 0 Å². The van der Waals surface area contributed by atoms with Gasteiger partial charge in [-0.15, -0.1) is 0 Å². The molecule has 0 saturated carbocycles. The molecule has 2 amide bonds. The first-order valence-corrected chi connectivity index (χ1v) is 8.03. The lowest BCUT2D eigenvalue weighted by Gasteiger charge is -2.24. The van der Waals surface area contributed by atoms with Gasteiger partial charge in [-0.05, 0) is 52.9 Å². The Morgan fingerprint density at radius 3 is 1.62 bits per heavy atom. The second-order valence-corrected chi connectivity index (χ2v) is 6.74. The molecule has 0 atom stereocenters. The molecule has 0 bridgehead atoms. The highest BCUT2D eigenvalue weighted by atomic mass is 16.6. The Morgan fingerprint density at radius 1 is 0.810 bits per heavy atom. The van der Waals surface area contributed by atoms with Crippen molar-refractivity contribution in [3.63, 3.8) is 0 Å². The van der Waals surface area contributed by atoms with Crippen molar-refractivity contribution in [2.75, 3.05) is 26.2 Å². The van der Waals surface area contributed by atoms with Gasteiger partial charge in [0.25, 0.3) is 0 Å². The first kappa shape index (κ1) is 17.8. The lowest BCUT2D eigenvalue weighted by atomic mass is 10.1. The van der Waals surface area contributed by atoms with Crippen molar-refractivity contribution in [3.05, 3.63) is 0 Å². The standard InChI is InChI=1S/C9H17NO2.C7H13NO/c1-9(2,3)12-8(11)10-6-4-5-7-10;1-7(9)8-5-3-2-4-6-8/h4-7H2,1-3H3;2-6H2,1H3. The number of hydrogen-bond donors (Lipinski definition) is 0. The molecule has 2 heterocycles. The zero-order chi connectivity index (χ0) is 15.9. The van der Waals surface area contributed by atoms with Gasteiger partial charge in [-0.3, -0.25) is 4.79 Å². The number of hydrogen-bond acceptors (Lipinski definition) is 3. The van der Waals surface area contributed by atoms with Crippen LogP contribution < -0.4 is 0 Å². The van der Waals surface area contributed by atoms with Gasteiger partial charge in [0.05, 0.1) is 0 Å². The van der Waals surface area contributed by atoms with E-state index in [4.69, 9.17) is 4.74 Å². The van der Waals surface area contributed by atoms with E-state index in [0.29, 0.717) is 0 Å². The minimum atomic E-state index is -0.361. The van der Waals surface area contributed by atoms with Crippen LogP contribution in [0.4, 0.5) is 4.79 Å². The highest BCUT2D eigenvalue weighted by molar-refractivity contribution is 5.73. The van der Waals surface area contributed by atoms with E-state index >= 15 is 0 Å². The fraction of sp³-hybridized carbons (Fsp3) is 0.875. The Morgan fingerprint density at radius 2 is 1.24 bits per heavy atom. The summed E-state index contributed by atoms with van der Waals surface area (Å²) in [5, 5.41) is 0. The minimum Gasteiger partial charge on any atom is -0.444 e. The highest BCUT2D eigenvalue weighted by Gasteiger charge is 2.23. The third-order valence-electron chi connectivity index (χ3n) is 3.56. The van der Waals surface area contributed by atoms with Gasteiger partial charge in [-0.25, -0.2) is 4.79 Å². The van der Waals surface area contributed by atoms with E-state index in [0.717, 1.165) is 39.0 Å². The summed E-state index contributed by atoms with van der Waals surface area (Å²) in [6, 6.07) is 0. The van der Waals surface area contributed by atoms with E-state index in [9.17, 15) is 9.59 Å². The molecule has 0 spiro atoms. The summed E-state index contributed by atoms with van der Waals surface area (Å²) in [7, 11) is 0. The van der Waals surface area contributed by atoms with Gasteiger partial charge in [0.2, 0.25) is 5.91 Å². The normalized spacial score (nSPS) is 18.9. The number of rotatable bonds is 0. The second-order valence-electron chi connectivity index (χ2n) is 6.74. The summed E-state index contributed by atoms with van der Waals surface area (Å²) < 4.78 is 5.21. The SMILES string of the molecule is CC(=O)N1CCCCC1.CC(C)(C)OC(=O)N1CCCC1. The lowest BCUT2D eigenvalue weighted by Crippen LogP contribution is -2.34. The van der Waals surface area contributed by atoms with Gasteiger partial charge in [-0.1, -0.05) is 0 Å². The van der Waals surface area contributed by atoms with E-state index < -0.39 is 0 Å². The molecule has 0 aliphatic carbocycles. The van der Waals surface area contributed by atoms with E-state index in [-0.39, 0.29) is 17.6 Å². The third-order valence-corrected chi connectivity index (χ3v) is 3.56. The van der Waals surface area contributed by atoms with Crippen molar-refractivity contribution in [2.45, 2.75) is 65.4 Å². The molecule has 2 saturated heterocycles. The van der Waals surface area contributed by atoms with Crippen molar-refractivity contribution >= 4 is 12.0 Å². The van der Waals surface area contributed by atoms with Gasteiger partial charge in [0.15, 0.2) is 0 Å². The van der Waals surface area contributed by atoms with Crippen LogP contribution in [0.25, 0.3) is 0 Å². The number of ether oxygens (including phenoxy) is 1. The average Bonchev–Trinajstić information content (AvgIpc) is 2.92. The highest BCUT2D eigenvalue weighted by Crippen LogP contribution is 2.14. The molecule has 0 aromatic heterocycles. The Labute approximate surface area is 128 Å². The van der Waals surface area contributed by atoms with Crippen molar-refractivity contribution in [3.8, 4) is 0 Å². The molecule has 2 rings (SSSR count). The fourth-order valence-electron chi connectivity index (χ4n) is 2.43. The molecule has 5 heteroatoms. The molecular formula is C16H30N2O3. The first-order valence-electron chi connectivity index (χ1n) is 8.03. The van der Waals surface area contributed by atoms with Crippen LogP contribution in [0.15, 0.2) is 0 Å². The Hall–Kier alpha value is -1.26. The molecule has 5 nitrogen and oxygen atoms in total. The van der Waals surface area contributed by atoms with E-state index in [2.05, 4.69) is 0 Å². The van der Waals surface area contributed by atoms with Crippen LogP contribution in [-0.4, -0.2) is 53.6 Å². The molecule has 0 radical (unpaired) electrons.